The third-order valence-corrected chi connectivity index (χ3v) is 5.40. The molecule has 4 heteroatoms. The number of unbranched alkanes of at least 4 members (excludes halogenated alkanes) is 1. The maximum Gasteiger partial charge on any atom is 0.135 e. The third kappa shape index (κ3) is 6.60. The van der Waals surface area contributed by atoms with Gasteiger partial charge in [-0.1, -0.05) is 72.8 Å². The van der Waals surface area contributed by atoms with Gasteiger partial charge in [-0.05, 0) is 30.4 Å². The lowest BCUT2D eigenvalue weighted by Crippen LogP contribution is -2.13. The molecule has 3 nitrogen and oxygen atoms in total. The molecule has 2 rings (SSSR count). The molecule has 0 fully saturated rings. The van der Waals surface area contributed by atoms with Crippen molar-refractivity contribution in [2.24, 2.45) is 10.3 Å². The molecule has 140 valence electrons. The van der Waals surface area contributed by atoms with Gasteiger partial charge in [-0.25, -0.2) is 0 Å². The fourth-order valence-corrected chi connectivity index (χ4v) is 3.90. The Morgan fingerprint density at radius 1 is 1.04 bits per heavy atom. The van der Waals surface area contributed by atoms with Crippen molar-refractivity contribution in [1.29, 1.82) is 0 Å². The van der Waals surface area contributed by atoms with Crippen molar-refractivity contribution in [3.8, 4) is 11.1 Å². The molecular formula is C22H29NO2S. The van der Waals surface area contributed by atoms with Crippen LogP contribution in [0.5, 0.6) is 0 Å². The van der Waals surface area contributed by atoms with Crippen LogP contribution in [0.25, 0.3) is 11.1 Å². The van der Waals surface area contributed by atoms with Crippen molar-refractivity contribution < 1.29 is 9.29 Å². The van der Waals surface area contributed by atoms with E-state index in [2.05, 4.69) is 42.5 Å². The predicted molar refractivity (Wildman–Crippen MR) is 112 cm³/mol. The van der Waals surface area contributed by atoms with Gasteiger partial charge in [0.25, 0.3) is 0 Å². The zero-order valence-electron chi connectivity index (χ0n) is 16.0. The van der Waals surface area contributed by atoms with E-state index in [-0.39, 0.29) is 0 Å². The van der Waals surface area contributed by atoms with Crippen LogP contribution in [-0.4, -0.2) is 29.7 Å². The summed E-state index contributed by atoms with van der Waals surface area (Å²) >= 11 is -1.20. The van der Waals surface area contributed by atoms with Gasteiger partial charge >= 0.3 is 0 Å². The molecule has 0 N–H and O–H groups in total. The number of methoxy groups -OCH3 is 1. The lowest BCUT2D eigenvalue weighted by Gasteiger charge is -2.14. The van der Waals surface area contributed by atoms with E-state index < -0.39 is 11.4 Å². The smallest absolute Gasteiger partial charge is 0.135 e. The van der Waals surface area contributed by atoms with Gasteiger partial charge in [0.15, 0.2) is 0 Å². The predicted octanol–water partition coefficient (Wildman–Crippen LogP) is 5.28. The average molecular weight is 372 g/mol. The van der Waals surface area contributed by atoms with Gasteiger partial charge in [0.05, 0.1) is 17.1 Å². The van der Waals surface area contributed by atoms with Crippen LogP contribution >= 0.6 is 0 Å². The summed E-state index contributed by atoms with van der Waals surface area (Å²) in [5, 5.41) is 0. The number of hydrogen-bond donors (Lipinski definition) is 0. The van der Waals surface area contributed by atoms with Crippen molar-refractivity contribution in [3.05, 3.63) is 60.2 Å². The van der Waals surface area contributed by atoms with Crippen molar-refractivity contribution >= 4 is 17.1 Å². The maximum absolute atomic E-state index is 12.5. The van der Waals surface area contributed by atoms with E-state index in [1.54, 1.807) is 7.11 Å². The van der Waals surface area contributed by atoms with Gasteiger partial charge in [0.2, 0.25) is 0 Å². The minimum absolute atomic E-state index is 0.360. The SMILES string of the molecule is COCCCCC(=N[S+]([O-])CC(C)C)c1ccccc1-c1ccccc1. The molecule has 26 heavy (non-hydrogen) atoms. The number of rotatable bonds is 10. The first kappa shape index (κ1) is 20.7. The van der Waals surface area contributed by atoms with E-state index in [9.17, 15) is 4.55 Å². The van der Waals surface area contributed by atoms with Crippen LogP contribution in [0.4, 0.5) is 0 Å². The Hall–Kier alpha value is -1.62. The van der Waals surface area contributed by atoms with Crippen LogP contribution < -0.4 is 0 Å². The van der Waals surface area contributed by atoms with E-state index in [0.29, 0.717) is 11.7 Å². The van der Waals surface area contributed by atoms with Crippen molar-refractivity contribution in [2.45, 2.75) is 33.1 Å². The molecule has 0 heterocycles. The molecule has 1 atom stereocenters. The van der Waals surface area contributed by atoms with E-state index in [1.807, 2.05) is 30.3 Å². The molecule has 0 saturated carbocycles. The summed E-state index contributed by atoms with van der Waals surface area (Å²) in [6, 6.07) is 18.6. The summed E-state index contributed by atoms with van der Waals surface area (Å²) in [6.45, 7) is 4.88. The van der Waals surface area contributed by atoms with Crippen LogP contribution in [0.15, 0.2) is 59.0 Å². The largest absolute Gasteiger partial charge is 0.591 e. The second-order valence-corrected chi connectivity index (χ2v) is 7.94. The van der Waals surface area contributed by atoms with Gasteiger partial charge in [0.1, 0.15) is 5.75 Å². The van der Waals surface area contributed by atoms with Crippen LogP contribution in [-0.2, 0) is 16.1 Å². The molecule has 0 aliphatic heterocycles. The first-order valence-corrected chi connectivity index (χ1v) is 10.5. The first-order chi connectivity index (χ1) is 12.6. The van der Waals surface area contributed by atoms with Gasteiger partial charge in [-0.15, -0.1) is 0 Å². The summed E-state index contributed by atoms with van der Waals surface area (Å²) in [6.07, 6.45) is 2.74. The Bertz CT molecular complexity index is 686. The Balaban J connectivity index is 2.34. The highest BCUT2D eigenvalue weighted by atomic mass is 32.2. The number of hydrogen-bond acceptors (Lipinski definition) is 3. The fourth-order valence-electron chi connectivity index (χ4n) is 2.82. The van der Waals surface area contributed by atoms with Crippen molar-refractivity contribution in [1.82, 2.24) is 0 Å². The Labute approximate surface area is 160 Å². The second-order valence-electron chi connectivity index (χ2n) is 6.78. The molecule has 0 saturated heterocycles. The van der Waals surface area contributed by atoms with Crippen molar-refractivity contribution in [3.63, 3.8) is 0 Å². The molecule has 0 aliphatic rings. The molecule has 0 aromatic heterocycles. The summed E-state index contributed by atoms with van der Waals surface area (Å²) in [4.78, 5) is 0. The lowest BCUT2D eigenvalue weighted by atomic mass is 9.94. The normalized spacial score (nSPS) is 13.2. The lowest BCUT2D eigenvalue weighted by molar-refractivity contribution is 0.193. The summed E-state index contributed by atoms with van der Waals surface area (Å²) in [7, 11) is 1.72. The molecule has 0 radical (unpaired) electrons. The Kier molecular flexibility index (Phi) is 8.89. The first-order valence-electron chi connectivity index (χ1n) is 9.21. The highest BCUT2D eigenvalue weighted by Gasteiger charge is 2.16. The van der Waals surface area contributed by atoms with Gasteiger partial charge < -0.3 is 9.29 Å². The molecule has 2 aromatic rings. The molecule has 1 unspecified atom stereocenters. The highest BCUT2D eigenvalue weighted by molar-refractivity contribution is 7.90. The summed E-state index contributed by atoms with van der Waals surface area (Å²) in [5.41, 5.74) is 4.30. The minimum atomic E-state index is -1.20. The Morgan fingerprint density at radius 3 is 2.42 bits per heavy atom. The van der Waals surface area contributed by atoms with Crippen LogP contribution in [0.2, 0.25) is 0 Å². The average Bonchev–Trinajstić information content (AvgIpc) is 2.64. The standard InChI is InChI=1S/C22H29NO2S/c1-18(2)17-26(24)23-22(15-9-10-16-25-3)21-14-8-7-13-20(21)19-11-5-4-6-12-19/h4-8,11-14,18H,9-10,15-17H2,1-3H3. The summed E-state index contributed by atoms with van der Waals surface area (Å²) in [5.74, 6) is 0.952. The number of ether oxygens (including phenoxy) is 1. The Morgan fingerprint density at radius 2 is 1.73 bits per heavy atom. The van der Waals surface area contributed by atoms with Gasteiger partial charge in [-0.2, -0.15) is 0 Å². The second kappa shape index (κ2) is 11.2. The minimum Gasteiger partial charge on any atom is -0.591 e. The number of benzene rings is 2. The van der Waals surface area contributed by atoms with E-state index in [0.717, 1.165) is 48.3 Å². The topological polar surface area (TPSA) is 44.6 Å². The quantitative estimate of drug-likeness (QED) is 0.324. The fraction of sp³-hybridized carbons (Fsp3) is 0.409. The zero-order valence-corrected chi connectivity index (χ0v) is 16.8. The molecule has 2 aromatic carbocycles. The van der Waals surface area contributed by atoms with E-state index in [4.69, 9.17) is 4.74 Å². The summed E-state index contributed by atoms with van der Waals surface area (Å²) < 4.78 is 22.2. The molecule has 0 aliphatic carbocycles. The van der Waals surface area contributed by atoms with E-state index >= 15 is 0 Å². The maximum atomic E-state index is 12.5. The molecule has 0 amide bonds. The monoisotopic (exact) mass is 371 g/mol. The van der Waals surface area contributed by atoms with Gasteiger partial charge in [0, 0.05) is 25.2 Å². The highest BCUT2D eigenvalue weighted by Crippen LogP contribution is 2.26. The molecule has 0 bridgehead atoms. The van der Waals surface area contributed by atoms with E-state index in [1.165, 1.54) is 0 Å². The van der Waals surface area contributed by atoms with Crippen LogP contribution in [0, 0.1) is 5.92 Å². The van der Waals surface area contributed by atoms with Gasteiger partial charge in [-0.3, -0.25) is 0 Å². The zero-order chi connectivity index (χ0) is 18.8. The molecular weight excluding hydrogens is 342 g/mol. The van der Waals surface area contributed by atoms with Crippen LogP contribution in [0.3, 0.4) is 0 Å². The molecule has 0 spiro atoms. The number of nitrogens with zero attached hydrogens (tertiary/aromatic N) is 1. The van der Waals surface area contributed by atoms with Crippen LogP contribution in [0.1, 0.15) is 38.7 Å². The van der Waals surface area contributed by atoms with Crippen molar-refractivity contribution in [2.75, 3.05) is 19.5 Å². The third-order valence-electron chi connectivity index (χ3n) is 4.02.